The van der Waals surface area contributed by atoms with Gasteiger partial charge in [-0.05, 0) is 3.93 Å². The van der Waals surface area contributed by atoms with Gasteiger partial charge in [-0.3, -0.25) is 0 Å². The Morgan fingerprint density at radius 3 is 2.50 bits per heavy atom. The zero-order valence-corrected chi connectivity index (χ0v) is 8.45. The predicted octanol–water partition coefficient (Wildman–Crippen LogP) is 0.0143. The summed E-state index contributed by atoms with van der Waals surface area (Å²) in [6.07, 6.45) is -1.33. The minimum Gasteiger partial charge on any atom is -0.465 e. The summed E-state index contributed by atoms with van der Waals surface area (Å²) in [7, 11) is 0. The molecule has 0 radical (unpaired) electrons. The molecule has 0 unspecified atom stereocenters. The lowest BCUT2D eigenvalue weighted by molar-refractivity contribution is 0.115. The molecule has 0 aromatic heterocycles. The first kappa shape index (κ1) is 14.0. The van der Waals surface area contributed by atoms with Crippen molar-refractivity contribution in [1.82, 2.24) is 0 Å². The van der Waals surface area contributed by atoms with Gasteiger partial charge in [0.25, 0.3) is 0 Å². The maximum atomic E-state index is 8.78. The fourth-order valence-corrected chi connectivity index (χ4v) is 0.371. The molecule has 0 saturated heterocycles. The van der Waals surface area contributed by atoms with Gasteiger partial charge in [-0.2, -0.15) is 0 Å². The summed E-state index contributed by atoms with van der Waals surface area (Å²) in [6, 6.07) is 0. The quantitative estimate of drug-likeness (QED) is 0.387. The van der Waals surface area contributed by atoms with Crippen LogP contribution in [-0.4, -0.2) is 36.1 Å². The molecule has 0 heterocycles. The molecule has 0 aliphatic carbocycles. The molecule has 0 aromatic rings. The van der Waals surface area contributed by atoms with Gasteiger partial charge in [0, 0.05) is 22.6 Å². The molecule has 0 spiro atoms. The largest absolute Gasteiger partial charge is 0.465 e. The van der Waals surface area contributed by atoms with E-state index in [2.05, 4.69) is 15.6 Å². The summed E-state index contributed by atoms with van der Waals surface area (Å²) < 4.78 is 7.43. The number of rotatable bonds is 3. The Labute approximate surface area is 84.0 Å². The van der Waals surface area contributed by atoms with Gasteiger partial charge in [0.2, 0.25) is 0 Å². The standard InChI is InChI=1S/C5H7IO2.CH3NO2/c6-2-1-4-8-5-3-7;2-1(3)4/h7H,3-5H2;2H2,(H,3,4). The fourth-order valence-electron chi connectivity index (χ4n) is 0.215. The topological polar surface area (TPSA) is 92.8 Å². The first-order chi connectivity index (χ1) is 5.65. The van der Waals surface area contributed by atoms with E-state index >= 15 is 0 Å². The molecule has 0 atom stereocenters. The van der Waals surface area contributed by atoms with Crippen molar-refractivity contribution in [2.75, 3.05) is 19.8 Å². The fraction of sp³-hybridized carbons (Fsp3) is 0.500. The lowest BCUT2D eigenvalue weighted by Gasteiger charge is -1.91. The van der Waals surface area contributed by atoms with Crippen LogP contribution in [0.5, 0.6) is 0 Å². The number of aliphatic hydroxyl groups is 1. The number of hydrogen-bond acceptors (Lipinski definition) is 3. The molecule has 0 aliphatic rings. The van der Waals surface area contributed by atoms with Crippen molar-refractivity contribution in [3.8, 4) is 9.85 Å². The Morgan fingerprint density at radius 1 is 1.67 bits per heavy atom. The highest BCUT2D eigenvalue weighted by Gasteiger charge is 1.77. The van der Waals surface area contributed by atoms with Crippen LogP contribution in [0.4, 0.5) is 4.79 Å². The van der Waals surface area contributed by atoms with Crippen molar-refractivity contribution in [1.29, 1.82) is 0 Å². The summed E-state index contributed by atoms with van der Waals surface area (Å²) in [5, 5.41) is 15.4. The smallest absolute Gasteiger partial charge is 0.402 e. The van der Waals surface area contributed by atoms with Crippen molar-refractivity contribution in [2.24, 2.45) is 5.73 Å². The lowest BCUT2D eigenvalue weighted by atomic mass is 10.7. The van der Waals surface area contributed by atoms with Gasteiger partial charge in [-0.15, -0.1) is 0 Å². The van der Waals surface area contributed by atoms with Gasteiger partial charge in [0.1, 0.15) is 6.61 Å². The Balaban J connectivity index is 0. The molecule has 5 nitrogen and oxygen atoms in total. The second-order valence-corrected chi connectivity index (χ2v) is 1.93. The lowest BCUT2D eigenvalue weighted by Crippen LogP contribution is -2.03. The summed E-state index contributed by atoms with van der Waals surface area (Å²) in [4.78, 5) is 8.78. The molecule has 0 aromatic carbocycles. The third kappa shape index (κ3) is 34.0. The van der Waals surface area contributed by atoms with Crippen molar-refractivity contribution < 1.29 is 19.7 Å². The molecule has 0 rings (SSSR count). The number of aliphatic hydroxyl groups excluding tert-OH is 1. The summed E-state index contributed by atoms with van der Waals surface area (Å²) in [5.74, 6) is 2.69. The number of nitrogens with two attached hydrogens (primary N) is 1. The van der Waals surface area contributed by atoms with E-state index in [1.165, 1.54) is 0 Å². The molecule has 1 amide bonds. The van der Waals surface area contributed by atoms with Crippen molar-refractivity contribution in [3.63, 3.8) is 0 Å². The molecule has 0 aliphatic heterocycles. The van der Waals surface area contributed by atoms with E-state index in [1.54, 1.807) is 0 Å². The SMILES string of the molecule is NC(=O)O.OCCOCC#CI. The number of halogens is 1. The Kier molecular flexibility index (Phi) is 15.3. The van der Waals surface area contributed by atoms with Crippen LogP contribution in [0.3, 0.4) is 0 Å². The van der Waals surface area contributed by atoms with Crippen molar-refractivity contribution >= 4 is 28.7 Å². The minimum atomic E-state index is -1.33. The van der Waals surface area contributed by atoms with Gasteiger partial charge in [-0.1, -0.05) is 5.92 Å². The van der Waals surface area contributed by atoms with Gasteiger partial charge < -0.3 is 20.7 Å². The van der Waals surface area contributed by atoms with Gasteiger partial charge >= 0.3 is 6.09 Å². The zero-order chi connectivity index (χ0) is 9.82. The molecule has 0 fully saturated rings. The maximum absolute atomic E-state index is 8.78. The Bertz CT molecular complexity index is 159. The van der Waals surface area contributed by atoms with E-state index in [0.29, 0.717) is 13.2 Å². The number of primary amides is 1. The average Bonchev–Trinajstić information content (AvgIpc) is 1.97. The molecular weight excluding hydrogens is 277 g/mol. The van der Waals surface area contributed by atoms with E-state index in [9.17, 15) is 0 Å². The highest BCUT2D eigenvalue weighted by Crippen LogP contribution is 1.73. The number of carbonyl (C=O) groups is 1. The summed E-state index contributed by atoms with van der Waals surface area (Å²) in [6.45, 7) is 0.873. The van der Waals surface area contributed by atoms with E-state index < -0.39 is 6.09 Å². The number of hydrogen-bond donors (Lipinski definition) is 3. The van der Waals surface area contributed by atoms with Crippen LogP contribution in [0.2, 0.25) is 0 Å². The molecule has 12 heavy (non-hydrogen) atoms. The van der Waals surface area contributed by atoms with Gasteiger partial charge in [0.15, 0.2) is 0 Å². The zero-order valence-electron chi connectivity index (χ0n) is 6.29. The third-order valence-electron chi connectivity index (χ3n) is 0.477. The monoisotopic (exact) mass is 287 g/mol. The minimum absolute atomic E-state index is 0.0723. The molecule has 0 saturated carbocycles. The summed E-state index contributed by atoms with van der Waals surface area (Å²) >= 11 is 1.94. The molecule has 6 heteroatoms. The molecule has 0 bridgehead atoms. The van der Waals surface area contributed by atoms with Crippen LogP contribution in [0.25, 0.3) is 0 Å². The second kappa shape index (κ2) is 13.1. The van der Waals surface area contributed by atoms with Crippen LogP contribution >= 0.6 is 22.6 Å². The van der Waals surface area contributed by atoms with Crippen molar-refractivity contribution in [2.45, 2.75) is 0 Å². The molecular formula is C6H10INO4. The third-order valence-corrected chi connectivity index (χ3v) is 0.858. The van der Waals surface area contributed by atoms with E-state index in [1.807, 2.05) is 22.6 Å². The number of ether oxygens (including phenoxy) is 1. The first-order valence-electron chi connectivity index (χ1n) is 2.90. The summed E-state index contributed by atoms with van der Waals surface area (Å²) in [5.41, 5.74) is 4.03. The number of amides is 1. The average molecular weight is 287 g/mol. The second-order valence-electron chi connectivity index (χ2n) is 1.39. The van der Waals surface area contributed by atoms with Crippen LogP contribution in [0.1, 0.15) is 0 Å². The van der Waals surface area contributed by atoms with Crippen LogP contribution < -0.4 is 5.73 Å². The van der Waals surface area contributed by atoms with Crippen LogP contribution in [0, 0.1) is 9.85 Å². The van der Waals surface area contributed by atoms with Crippen LogP contribution in [-0.2, 0) is 4.74 Å². The normalized spacial score (nSPS) is 7.17. The Hall–Kier alpha value is -0.520. The maximum Gasteiger partial charge on any atom is 0.402 e. The highest BCUT2D eigenvalue weighted by atomic mass is 127. The van der Waals surface area contributed by atoms with E-state index in [-0.39, 0.29) is 6.61 Å². The predicted molar refractivity (Wildman–Crippen MR) is 51.9 cm³/mol. The van der Waals surface area contributed by atoms with Gasteiger partial charge in [0.05, 0.1) is 13.2 Å². The molecule has 4 N–H and O–H groups in total. The first-order valence-corrected chi connectivity index (χ1v) is 3.98. The number of carboxylic acid groups (broad SMARTS) is 1. The van der Waals surface area contributed by atoms with Crippen molar-refractivity contribution in [3.05, 3.63) is 0 Å². The van der Waals surface area contributed by atoms with Crippen LogP contribution in [0.15, 0.2) is 0 Å². The van der Waals surface area contributed by atoms with E-state index in [0.717, 1.165) is 0 Å². The highest BCUT2D eigenvalue weighted by molar-refractivity contribution is 14.1. The van der Waals surface area contributed by atoms with E-state index in [4.69, 9.17) is 19.7 Å². The Morgan fingerprint density at radius 2 is 2.17 bits per heavy atom. The molecule has 70 valence electrons. The van der Waals surface area contributed by atoms with Gasteiger partial charge in [-0.25, -0.2) is 4.79 Å².